The molecule has 2 rings (SSSR count). The highest BCUT2D eigenvalue weighted by Gasteiger charge is 2.01. The van der Waals surface area contributed by atoms with Crippen LogP contribution in [0.3, 0.4) is 0 Å². The Morgan fingerprint density at radius 2 is 1.53 bits per heavy atom. The van der Waals surface area contributed by atoms with Gasteiger partial charge in [-0.3, -0.25) is 0 Å². The van der Waals surface area contributed by atoms with Crippen LogP contribution in [0.4, 0.5) is 0 Å². The van der Waals surface area contributed by atoms with Gasteiger partial charge in [-0.05, 0) is 68.1 Å². The SMILES string of the molecule is Cc1cc(C)cc(Oc2ccc(CC(C)N)cc2)c1. The molecule has 0 radical (unpaired) electrons. The summed E-state index contributed by atoms with van der Waals surface area (Å²) in [4.78, 5) is 0. The van der Waals surface area contributed by atoms with E-state index in [0.717, 1.165) is 17.9 Å². The lowest BCUT2D eigenvalue weighted by Crippen LogP contribution is -2.17. The van der Waals surface area contributed by atoms with Gasteiger partial charge in [-0.25, -0.2) is 0 Å². The summed E-state index contributed by atoms with van der Waals surface area (Å²) in [5.74, 6) is 1.75. The Bertz CT molecular complexity index is 523. The second-order valence-corrected chi connectivity index (χ2v) is 5.25. The topological polar surface area (TPSA) is 35.2 Å². The van der Waals surface area contributed by atoms with Crippen molar-refractivity contribution in [1.29, 1.82) is 0 Å². The van der Waals surface area contributed by atoms with Crippen LogP contribution in [-0.4, -0.2) is 6.04 Å². The Labute approximate surface area is 115 Å². The maximum atomic E-state index is 5.87. The highest BCUT2D eigenvalue weighted by atomic mass is 16.5. The number of ether oxygens (including phenoxy) is 1. The van der Waals surface area contributed by atoms with Crippen LogP contribution in [0.25, 0.3) is 0 Å². The molecule has 0 aliphatic rings. The molecule has 0 spiro atoms. The lowest BCUT2D eigenvalue weighted by atomic mass is 10.1. The van der Waals surface area contributed by atoms with E-state index in [-0.39, 0.29) is 6.04 Å². The van der Waals surface area contributed by atoms with Crippen molar-refractivity contribution in [2.45, 2.75) is 33.2 Å². The second-order valence-electron chi connectivity index (χ2n) is 5.25. The van der Waals surface area contributed by atoms with Crippen molar-refractivity contribution in [3.63, 3.8) is 0 Å². The van der Waals surface area contributed by atoms with E-state index in [1.165, 1.54) is 16.7 Å². The van der Waals surface area contributed by atoms with Crippen LogP contribution in [0.5, 0.6) is 11.5 Å². The van der Waals surface area contributed by atoms with Gasteiger partial charge < -0.3 is 10.5 Å². The molecule has 0 heterocycles. The second kappa shape index (κ2) is 5.89. The monoisotopic (exact) mass is 255 g/mol. The molecule has 2 N–H and O–H groups in total. The number of hydrogen-bond acceptors (Lipinski definition) is 2. The third-order valence-electron chi connectivity index (χ3n) is 2.91. The van der Waals surface area contributed by atoms with Crippen molar-refractivity contribution in [3.8, 4) is 11.5 Å². The average Bonchev–Trinajstić information content (AvgIpc) is 2.29. The van der Waals surface area contributed by atoms with Gasteiger partial charge in [0, 0.05) is 6.04 Å². The summed E-state index contributed by atoms with van der Waals surface area (Å²) < 4.78 is 5.87. The first-order chi connectivity index (χ1) is 9.02. The van der Waals surface area contributed by atoms with E-state index >= 15 is 0 Å². The van der Waals surface area contributed by atoms with Crippen molar-refractivity contribution in [3.05, 3.63) is 59.2 Å². The van der Waals surface area contributed by atoms with Crippen LogP contribution < -0.4 is 10.5 Å². The number of rotatable bonds is 4. The molecule has 1 unspecified atom stereocenters. The van der Waals surface area contributed by atoms with Gasteiger partial charge in [0.1, 0.15) is 11.5 Å². The summed E-state index contributed by atoms with van der Waals surface area (Å²) in [5.41, 5.74) is 9.45. The zero-order valence-electron chi connectivity index (χ0n) is 11.8. The van der Waals surface area contributed by atoms with Crippen LogP contribution in [0, 0.1) is 13.8 Å². The zero-order chi connectivity index (χ0) is 13.8. The highest BCUT2D eigenvalue weighted by molar-refractivity contribution is 5.37. The number of aryl methyl sites for hydroxylation is 2. The molecular weight excluding hydrogens is 234 g/mol. The van der Waals surface area contributed by atoms with Gasteiger partial charge in [0.05, 0.1) is 0 Å². The maximum absolute atomic E-state index is 5.87. The minimum atomic E-state index is 0.186. The number of hydrogen-bond donors (Lipinski definition) is 1. The summed E-state index contributed by atoms with van der Waals surface area (Å²) in [6.45, 7) is 6.16. The molecule has 2 nitrogen and oxygen atoms in total. The summed E-state index contributed by atoms with van der Waals surface area (Å²) in [6, 6.07) is 14.5. The van der Waals surface area contributed by atoms with E-state index in [2.05, 4.69) is 32.0 Å². The Hall–Kier alpha value is -1.80. The summed E-state index contributed by atoms with van der Waals surface area (Å²) in [7, 11) is 0. The van der Waals surface area contributed by atoms with Crippen LogP contribution in [0.2, 0.25) is 0 Å². The molecule has 0 bridgehead atoms. The van der Waals surface area contributed by atoms with E-state index in [1.54, 1.807) is 0 Å². The van der Waals surface area contributed by atoms with Gasteiger partial charge >= 0.3 is 0 Å². The van der Waals surface area contributed by atoms with E-state index in [9.17, 15) is 0 Å². The Morgan fingerprint density at radius 3 is 2.05 bits per heavy atom. The molecule has 0 aromatic heterocycles. The third-order valence-corrected chi connectivity index (χ3v) is 2.91. The van der Waals surface area contributed by atoms with E-state index in [4.69, 9.17) is 10.5 Å². The lowest BCUT2D eigenvalue weighted by molar-refractivity contribution is 0.481. The van der Waals surface area contributed by atoms with E-state index < -0.39 is 0 Å². The largest absolute Gasteiger partial charge is 0.457 e. The Balaban J connectivity index is 2.10. The number of benzene rings is 2. The molecule has 2 aromatic carbocycles. The lowest BCUT2D eigenvalue weighted by Gasteiger charge is -2.09. The predicted octanol–water partition coefficient (Wildman–Crippen LogP) is 3.99. The van der Waals surface area contributed by atoms with Crippen LogP contribution >= 0.6 is 0 Å². The molecular formula is C17H21NO. The molecule has 0 aliphatic carbocycles. The molecule has 2 aromatic rings. The average molecular weight is 255 g/mol. The standard InChI is InChI=1S/C17H21NO/c1-12-8-13(2)10-17(9-12)19-16-6-4-15(5-7-16)11-14(3)18/h4-10,14H,11,18H2,1-3H3. The van der Waals surface area contributed by atoms with E-state index in [0.29, 0.717) is 0 Å². The third kappa shape index (κ3) is 4.11. The molecule has 0 fully saturated rings. The number of nitrogens with two attached hydrogens (primary N) is 1. The van der Waals surface area contributed by atoms with Gasteiger partial charge in [-0.15, -0.1) is 0 Å². The first kappa shape index (κ1) is 13.6. The molecule has 2 heteroatoms. The van der Waals surface area contributed by atoms with Crippen molar-refractivity contribution in [1.82, 2.24) is 0 Å². The van der Waals surface area contributed by atoms with Gasteiger partial charge in [0.2, 0.25) is 0 Å². The summed E-state index contributed by atoms with van der Waals surface area (Å²) in [6.07, 6.45) is 0.893. The van der Waals surface area contributed by atoms with Crippen LogP contribution in [0.1, 0.15) is 23.6 Å². The Kier molecular flexibility index (Phi) is 4.23. The minimum Gasteiger partial charge on any atom is -0.457 e. The Morgan fingerprint density at radius 1 is 0.947 bits per heavy atom. The quantitative estimate of drug-likeness (QED) is 0.896. The predicted molar refractivity (Wildman–Crippen MR) is 79.8 cm³/mol. The smallest absolute Gasteiger partial charge is 0.127 e. The minimum absolute atomic E-state index is 0.186. The fourth-order valence-corrected chi connectivity index (χ4v) is 2.19. The molecule has 100 valence electrons. The first-order valence-corrected chi connectivity index (χ1v) is 6.63. The van der Waals surface area contributed by atoms with Crippen molar-refractivity contribution in [2.24, 2.45) is 5.73 Å². The fourth-order valence-electron chi connectivity index (χ4n) is 2.19. The molecule has 19 heavy (non-hydrogen) atoms. The van der Waals surface area contributed by atoms with Gasteiger partial charge in [0.25, 0.3) is 0 Å². The van der Waals surface area contributed by atoms with Crippen LogP contribution in [-0.2, 0) is 6.42 Å². The van der Waals surface area contributed by atoms with Crippen molar-refractivity contribution < 1.29 is 4.74 Å². The van der Waals surface area contributed by atoms with E-state index in [1.807, 2.05) is 31.2 Å². The van der Waals surface area contributed by atoms with Gasteiger partial charge in [0.15, 0.2) is 0 Å². The molecule has 1 atom stereocenters. The summed E-state index contributed by atoms with van der Waals surface area (Å²) in [5, 5.41) is 0. The molecule has 0 saturated carbocycles. The fraction of sp³-hybridized carbons (Fsp3) is 0.294. The maximum Gasteiger partial charge on any atom is 0.127 e. The first-order valence-electron chi connectivity index (χ1n) is 6.63. The molecule has 0 amide bonds. The zero-order valence-corrected chi connectivity index (χ0v) is 11.8. The normalized spacial score (nSPS) is 12.2. The van der Waals surface area contributed by atoms with Gasteiger partial charge in [-0.1, -0.05) is 18.2 Å². The highest BCUT2D eigenvalue weighted by Crippen LogP contribution is 2.24. The molecule has 0 aliphatic heterocycles. The van der Waals surface area contributed by atoms with Gasteiger partial charge in [-0.2, -0.15) is 0 Å². The van der Waals surface area contributed by atoms with Crippen molar-refractivity contribution in [2.75, 3.05) is 0 Å². The summed E-state index contributed by atoms with van der Waals surface area (Å²) >= 11 is 0. The van der Waals surface area contributed by atoms with Crippen LogP contribution in [0.15, 0.2) is 42.5 Å². The van der Waals surface area contributed by atoms with Crippen molar-refractivity contribution >= 4 is 0 Å². The molecule has 0 saturated heterocycles.